The van der Waals surface area contributed by atoms with Gasteiger partial charge in [-0.3, -0.25) is 62.3 Å². The van der Waals surface area contributed by atoms with Crippen molar-refractivity contribution in [3.63, 3.8) is 0 Å². The van der Waals surface area contributed by atoms with E-state index in [1.807, 2.05) is 0 Å². The van der Waals surface area contributed by atoms with Crippen molar-refractivity contribution in [2.24, 2.45) is 29.2 Å². The molecule has 2 aromatic carbocycles. The van der Waals surface area contributed by atoms with E-state index in [0.29, 0.717) is 24.3 Å². The minimum absolute atomic E-state index is 0.00620. The summed E-state index contributed by atoms with van der Waals surface area (Å²) >= 11 is 0. The number of ether oxygens (including phenoxy) is 1. The molecule has 17 N–H and O–H groups in total. The minimum atomic E-state index is -1.97. The van der Waals surface area contributed by atoms with E-state index < -0.39 is 193 Å². The van der Waals surface area contributed by atoms with Crippen molar-refractivity contribution in [3.05, 3.63) is 59.7 Å². The van der Waals surface area contributed by atoms with Gasteiger partial charge >= 0.3 is 17.9 Å². The average Bonchev–Trinajstić information content (AvgIpc) is 1.72. The van der Waals surface area contributed by atoms with Crippen LogP contribution in [0.15, 0.2) is 48.5 Å². The van der Waals surface area contributed by atoms with Crippen molar-refractivity contribution in [2.75, 3.05) is 13.1 Å². The third-order valence-corrected chi connectivity index (χ3v) is 18.8. The van der Waals surface area contributed by atoms with Crippen LogP contribution in [0.5, 0.6) is 11.5 Å². The first kappa shape index (κ1) is 88.1. The molecule has 2 aromatic rings. The number of aliphatic carboxylic acids is 2. The molecule has 5 rings (SSSR count). The number of phenolic OH excluding ortho intramolecular Hbond substituents is 1. The number of amides is 11. The fraction of sp³-hybridized carbons (Fsp3) is 0.649. The van der Waals surface area contributed by atoms with E-state index in [9.17, 15) is 87.5 Å². The molecule has 0 radical (unpaired) electrons. The molecule has 0 saturated carbocycles. The van der Waals surface area contributed by atoms with Crippen LogP contribution in [0.3, 0.4) is 0 Å². The summed E-state index contributed by atoms with van der Waals surface area (Å²) in [7, 11) is 0. The Labute approximate surface area is 614 Å². The summed E-state index contributed by atoms with van der Waals surface area (Å²) in [6.07, 6.45) is 6.48. The molecule has 31 heteroatoms. The highest BCUT2D eigenvalue weighted by Crippen LogP contribution is 2.24. The molecule has 0 unspecified atom stereocenters. The summed E-state index contributed by atoms with van der Waals surface area (Å²) in [6.45, 7) is 12.0. The number of nitrogens with one attached hydrogen (secondary N) is 9. The summed E-state index contributed by atoms with van der Waals surface area (Å²) in [4.78, 5) is 196. The Morgan fingerprint density at radius 2 is 1.12 bits per heavy atom. The summed E-state index contributed by atoms with van der Waals surface area (Å²) < 4.78 is 5.84. The van der Waals surface area contributed by atoms with Gasteiger partial charge in [-0.2, -0.15) is 0 Å². The monoisotopic (exact) mass is 1470 g/mol. The molecule has 31 nitrogen and oxygen atoms in total. The lowest BCUT2D eigenvalue weighted by molar-refractivity contribution is -0.144. The number of phenols is 1. The number of primary amides is 1. The van der Waals surface area contributed by atoms with Gasteiger partial charge in [0.1, 0.15) is 71.9 Å². The van der Waals surface area contributed by atoms with Gasteiger partial charge in [0.25, 0.3) is 0 Å². The number of carbonyl (C=O) groups is 14. The highest BCUT2D eigenvalue weighted by atomic mass is 16.5. The minimum Gasteiger partial charge on any atom is -0.508 e. The largest absolute Gasteiger partial charge is 0.508 e. The number of benzene rings is 2. The number of esters is 1. The molecule has 0 aromatic heterocycles. The number of aliphatic hydroxyl groups is 1. The zero-order valence-corrected chi connectivity index (χ0v) is 61.8. The number of carboxylic acid groups (broad SMARTS) is 2. The van der Waals surface area contributed by atoms with E-state index in [1.54, 1.807) is 27.7 Å². The molecule has 3 aliphatic rings. The molecule has 2 bridgehead atoms. The van der Waals surface area contributed by atoms with Crippen molar-refractivity contribution >= 4 is 82.9 Å². The third kappa shape index (κ3) is 31.5. The first-order valence-electron chi connectivity index (χ1n) is 37.0. The quantitative estimate of drug-likeness (QED) is 0.0202. The Kier molecular flexibility index (Phi) is 38.5. The van der Waals surface area contributed by atoms with Gasteiger partial charge in [0.05, 0.1) is 6.10 Å². The van der Waals surface area contributed by atoms with Gasteiger partial charge in [-0.25, -0.2) is 4.79 Å². The molecule has 12 atom stereocenters. The number of aromatic hydroxyl groups is 1. The second-order valence-corrected chi connectivity index (χ2v) is 28.4. The summed E-state index contributed by atoms with van der Waals surface area (Å²) in [6, 6.07) is -4.51. The standard InChI is InChI=1S/C74H114N12O19/c1-8-45(6)63-74(104)105-50-31-27-48(28-32-50)42-56(81-65(95)51(22-19-39-75)78-66(96)52(34-37-60(91)92)77-59(90)24-18-16-14-12-10-9-11-13-15-17-21-43(2)3)70(100)85-64(46(7)87)72(102)80-54(35-38-61(93)94)68(98)83-62(44(4)5)73(103)86-40-20-23-57(86)71(101)79-53(33-36-58(76)89)67(97)82-55(69(99)84-63)41-47-25-29-49(88)30-26-47/h25-32,43-46,51-57,62-64,87-88H,8-24,33-42,75H2,1-7H3,(H2,76,89)(H,77,90)(H,78,96)(H,79,101)(H,80,102)(H,81,95)(H,82,97)(H,83,98)(H,84,99)(H,85,100)(H,91,92)(H,93,94)/t45-,46+,51+,52-,53-,54-,55+,56-,57-,62+,63-,64+/m0/s1. The summed E-state index contributed by atoms with van der Waals surface area (Å²) in [5.74, 6) is -14.8. The molecule has 0 aliphatic carbocycles. The smallest absolute Gasteiger partial charge is 0.334 e. The SMILES string of the molecule is CC[C@H](C)[C@@H]1NC(=O)[C@@H](Cc2ccc(O)cc2)NC(=O)[C@H](CCC(N)=O)NC(=O)[C@@H]2CCCN2C(=O)[C@@H](C(C)C)NC(=O)[C@H](CCC(=O)O)NC(=O)[C@@H]([C@@H](C)O)NC(=O)[C@@H](NC(=O)[C@@H](CCCN)NC(=O)[C@H](CCC(=O)O)NC(=O)CCCCCCCCCCCCC(C)C)Cc2ccc(cc2)OC1=O. The van der Waals surface area contributed by atoms with Crippen LogP contribution in [-0.4, -0.2) is 188 Å². The molecule has 1 fully saturated rings. The lowest BCUT2D eigenvalue weighted by Crippen LogP contribution is -2.62. The zero-order chi connectivity index (χ0) is 77.9. The Morgan fingerprint density at radius 1 is 0.581 bits per heavy atom. The lowest BCUT2D eigenvalue weighted by Gasteiger charge is -2.32. The van der Waals surface area contributed by atoms with Gasteiger partial charge in [-0.05, 0) is 118 Å². The molecule has 105 heavy (non-hydrogen) atoms. The predicted octanol–water partition coefficient (Wildman–Crippen LogP) is 2.60. The zero-order valence-electron chi connectivity index (χ0n) is 61.8. The van der Waals surface area contributed by atoms with E-state index in [2.05, 4.69) is 61.7 Å². The van der Waals surface area contributed by atoms with Crippen LogP contribution in [0.4, 0.5) is 0 Å². The number of carbonyl (C=O) groups excluding carboxylic acids is 12. The van der Waals surface area contributed by atoms with E-state index in [1.165, 1.54) is 80.6 Å². The van der Waals surface area contributed by atoms with Gasteiger partial charge in [0, 0.05) is 45.1 Å². The number of nitrogens with two attached hydrogens (primary N) is 2. The Bertz CT molecular complexity index is 3220. The van der Waals surface area contributed by atoms with Crippen molar-refractivity contribution in [3.8, 4) is 11.5 Å². The van der Waals surface area contributed by atoms with Crippen LogP contribution >= 0.6 is 0 Å². The number of fused-ring (bicyclic) bond motifs is 23. The first-order valence-corrected chi connectivity index (χ1v) is 37.0. The van der Waals surface area contributed by atoms with E-state index in [4.69, 9.17) is 16.2 Å². The summed E-state index contributed by atoms with van der Waals surface area (Å²) in [5, 5.41) is 64.0. The van der Waals surface area contributed by atoms with Crippen LogP contribution < -0.4 is 64.1 Å². The fourth-order valence-corrected chi connectivity index (χ4v) is 12.3. The molecular weight excluding hydrogens is 1360 g/mol. The predicted molar refractivity (Wildman–Crippen MR) is 386 cm³/mol. The number of unbranched alkanes of at least 4 members (excludes halogenated alkanes) is 9. The highest BCUT2D eigenvalue weighted by Gasteiger charge is 2.42. The Hall–Kier alpha value is -9.26. The number of nitrogens with zero attached hydrogens (tertiary/aromatic N) is 1. The molecule has 3 heterocycles. The number of hydrogen-bond acceptors (Lipinski definition) is 18. The van der Waals surface area contributed by atoms with Crippen LogP contribution in [0.25, 0.3) is 0 Å². The van der Waals surface area contributed by atoms with Gasteiger partial charge in [0.2, 0.25) is 65.0 Å². The van der Waals surface area contributed by atoms with Crippen molar-refractivity contribution < 1.29 is 92.3 Å². The average molecular weight is 1480 g/mol. The molecule has 3 aliphatic heterocycles. The molecular formula is C74H114N12O19. The number of carboxylic acids is 2. The van der Waals surface area contributed by atoms with Crippen LogP contribution in [0, 0.1) is 17.8 Å². The topological polar surface area (TPSA) is 493 Å². The number of hydrogen-bond donors (Lipinski definition) is 15. The van der Waals surface area contributed by atoms with Crippen LogP contribution in [-0.2, 0) is 80.0 Å². The first-order chi connectivity index (χ1) is 49.8. The van der Waals surface area contributed by atoms with E-state index >= 15 is 0 Å². The van der Waals surface area contributed by atoms with Crippen molar-refractivity contribution in [2.45, 2.75) is 276 Å². The molecule has 11 amide bonds. The molecule has 584 valence electrons. The maximum absolute atomic E-state index is 14.9. The number of aliphatic hydroxyl groups excluding tert-OH is 1. The Balaban J connectivity index is 1.77. The van der Waals surface area contributed by atoms with Gasteiger partial charge in [0.15, 0.2) is 0 Å². The maximum atomic E-state index is 14.9. The van der Waals surface area contributed by atoms with E-state index in [-0.39, 0.29) is 81.5 Å². The van der Waals surface area contributed by atoms with Gasteiger partial charge < -0.3 is 89.4 Å². The van der Waals surface area contributed by atoms with E-state index in [0.717, 1.165) is 43.9 Å². The fourth-order valence-electron chi connectivity index (χ4n) is 12.3. The Morgan fingerprint density at radius 3 is 1.70 bits per heavy atom. The second kappa shape index (κ2) is 45.9. The number of rotatable bonds is 36. The third-order valence-electron chi connectivity index (χ3n) is 18.8. The summed E-state index contributed by atoms with van der Waals surface area (Å²) in [5.41, 5.74) is 12.1. The highest BCUT2D eigenvalue weighted by molar-refractivity contribution is 6.00. The normalized spacial score (nSPS) is 21.6. The van der Waals surface area contributed by atoms with Crippen LogP contribution in [0.2, 0.25) is 0 Å². The lowest BCUT2D eigenvalue weighted by atomic mass is 9.97. The van der Waals surface area contributed by atoms with Gasteiger partial charge in [-0.15, -0.1) is 0 Å². The van der Waals surface area contributed by atoms with Crippen LogP contribution in [0.1, 0.15) is 207 Å². The molecule has 1 saturated heterocycles. The van der Waals surface area contributed by atoms with Crippen molar-refractivity contribution in [1.82, 2.24) is 52.8 Å². The van der Waals surface area contributed by atoms with Gasteiger partial charge in [-0.1, -0.05) is 136 Å². The van der Waals surface area contributed by atoms with Crippen molar-refractivity contribution in [1.29, 1.82) is 0 Å². The molecule has 0 spiro atoms. The second-order valence-electron chi connectivity index (χ2n) is 28.4. The maximum Gasteiger partial charge on any atom is 0.334 e.